The van der Waals surface area contributed by atoms with Crippen molar-refractivity contribution < 1.29 is 4.79 Å². The maximum atomic E-state index is 11.7. The minimum Gasteiger partial charge on any atom is -0.355 e. The molecule has 0 fully saturated rings. The molecular formula is C15H20N4O. The smallest absolute Gasteiger partial charge is 0.236 e. The van der Waals surface area contributed by atoms with Crippen molar-refractivity contribution in [2.45, 2.75) is 26.4 Å². The number of nitrogens with one attached hydrogen (secondary N) is 3. The molecule has 0 aliphatic rings. The van der Waals surface area contributed by atoms with Crippen LogP contribution in [0.15, 0.2) is 36.5 Å². The highest BCUT2D eigenvalue weighted by Crippen LogP contribution is 2.20. The third kappa shape index (κ3) is 3.45. The Kier molecular flexibility index (Phi) is 4.90. The second kappa shape index (κ2) is 6.86. The molecule has 5 heteroatoms. The fourth-order valence-electron chi connectivity index (χ4n) is 1.98. The summed E-state index contributed by atoms with van der Waals surface area (Å²) in [6.07, 6.45) is 1.79. The molecule has 1 unspecified atom stereocenters. The molecule has 1 amide bonds. The zero-order valence-corrected chi connectivity index (χ0v) is 11.8. The van der Waals surface area contributed by atoms with Gasteiger partial charge in [-0.1, -0.05) is 30.3 Å². The summed E-state index contributed by atoms with van der Waals surface area (Å²) < 4.78 is 0. The molecule has 0 aliphatic carbocycles. The Morgan fingerprint density at radius 3 is 2.80 bits per heavy atom. The summed E-state index contributed by atoms with van der Waals surface area (Å²) in [5, 5.41) is 13.1. The van der Waals surface area contributed by atoms with Crippen LogP contribution in [-0.2, 0) is 11.3 Å². The van der Waals surface area contributed by atoms with Gasteiger partial charge >= 0.3 is 0 Å². The number of carbonyl (C=O) groups is 1. The van der Waals surface area contributed by atoms with Gasteiger partial charge in [0.15, 0.2) is 0 Å². The topological polar surface area (TPSA) is 69.8 Å². The lowest BCUT2D eigenvalue weighted by Gasteiger charge is -2.13. The molecule has 1 aromatic heterocycles. The standard InChI is InChI=1S/C15H20N4O/c1-3-16-15(20)11(2)17-9-13-10-18-19-14(13)12-7-5-4-6-8-12/h4-8,10-11,17H,3,9H2,1-2H3,(H,16,20)(H,18,19). The lowest BCUT2D eigenvalue weighted by molar-refractivity contribution is -0.122. The van der Waals surface area contributed by atoms with Gasteiger partial charge < -0.3 is 10.6 Å². The lowest BCUT2D eigenvalue weighted by Crippen LogP contribution is -2.41. The van der Waals surface area contributed by atoms with Gasteiger partial charge in [-0.15, -0.1) is 0 Å². The summed E-state index contributed by atoms with van der Waals surface area (Å²) in [6, 6.07) is 9.80. The van der Waals surface area contributed by atoms with Crippen molar-refractivity contribution in [3.8, 4) is 11.3 Å². The fraction of sp³-hybridized carbons (Fsp3) is 0.333. The van der Waals surface area contributed by atoms with Gasteiger partial charge in [-0.3, -0.25) is 9.89 Å². The largest absolute Gasteiger partial charge is 0.355 e. The first kappa shape index (κ1) is 14.3. The van der Waals surface area contributed by atoms with Crippen LogP contribution in [0.1, 0.15) is 19.4 Å². The maximum Gasteiger partial charge on any atom is 0.236 e. The first-order valence-electron chi connectivity index (χ1n) is 6.81. The molecule has 0 spiro atoms. The van der Waals surface area contributed by atoms with E-state index in [0.717, 1.165) is 16.8 Å². The Bertz CT molecular complexity index is 550. The monoisotopic (exact) mass is 272 g/mol. The zero-order valence-electron chi connectivity index (χ0n) is 11.8. The van der Waals surface area contributed by atoms with Gasteiger partial charge in [-0.25, -0.2) is 0 Å². The van der Waals surface area contributed by atoms with Gasteiger partial charge in [0.05, 0.1) is 17.9 Å². The highest BCUT2D eigenvalue weighted by Gasteiger charge is 2.13. The Balaban J connectivity index is 2.01. The summed E-state index contributed by atoms with van der Waals surface area (Å²) >= 11 is 0. The van der Waals surface area contributed by atoms with E-state index in [1.165, 1.54) is 0 Å². The third-order valence-electron chi connectivity index (χ3n) is 3.12. The van der Waals surface area contributed by atoms with E-state index in [1.54, 1.807) is 6.20 Å². The van der Waals surface area contributed by atoms with E-state index in [-0.39, 0.29) is 11.9 Å². The molecule has 20 heavy (non-hydrogen) atoms. The van der Waals surface area contributed by atoms with E-state index in [2.05, 4.69) is 20.8 Å². The molecule has 2 aromatic rings. The van der Waals surface area contributed by atoms with Crippen molar-refractivity contribution in [3.05, 3.63) is 42.1 Å². The molecular weight excluding hydrogens is 252 g/mol. The third-order valence-corrected chi connectivity index (χ3v) is 3.12. The normalized spacial score (nSPS) is 12.1. The number of rotatable bonds is 6. The van der Waals surface area contributed by atoms with Crippen LogP contribution in [0.3, 0.4) is 0 Å². The van der Waals surface area contributed by atoms with E-state index in [1.807, 2.05) is 44.2 Å². The number of amides is 1. The number of aromatic nitrogens is 2. The van der Waals surface area contributed by atoms with Crippen LogP contribution in [0.25, 0.3) is 11.3 Å². The van der Waals surface area contributed by atoms with Crippen LogP contribution in [0.4, 0.5) is 0 Å². The fourth-order valence-corrected chi connectivity index (χ4v) is 1.98. The summed E-state index contributed by atoms with van der Waals surface area (Å²) in [5.41, 5.74) is 3.13. The van der Waals surface area contributed by atoms with E-state index in [0.29, 0.717) is 13.1 Å². The summed E-state index contributed by atoms with van der Waals surface area (Å²) in [4.78, 5) is 11.7. The second-order valence-electron chi connectivity index (χ2n) is 4.63. The van der Waals surface area contributed by atoms with Gasteiger partial charge in [0.2, 0.25) is 5.91 Å². The summed E-state index contributed by atoms with van der Waals surface area (Å²) in [5.74, 6) is 0.0113. The van der Waals surface area contributed by atoms with Crippen molar-refractivity contribution in [3.63, 3.8) is 0 Å². The number of nitrogens with zero attached hydrogens (tertiary/aromatic N) is 1. The summed E-state index contributed by atoms with van der Waals surface area (Å²) in [6.45, 7) is 5.01. The molecule has 0 saturated heterocycles. The van der Waals surface area contributed by atoms with Crippen molar-refractivity contribution in [2.24, 2.45) is 0 Å². The number of carbonyl (C=O) groups excluding carboxylic acids is 1. The first-order chi connectivity index (χ1) is 9.72. The number of benzene rings is 1. The molecule has 1 atom stereocenters. The average molecular weight is 272 g/mol. The number of hydrogen-bond acceptors (Lipinski definition) is 3. The number of aromatic amines is 1. The van der Waals surface area contributed by atoms with Gasteiger partial charge in [0.25, 0.3) is 0 Å². The molecule has 2 rings (SSSR count). The highest BCUT2D eigenvalue weighted by atomic mass is 16.2. The van der Waals surface area contributed by atoms with Crippen LogP contribution >= 0.6 is 0 Å². The van der Waals surface area contributed by atoms with Crippen molar-refractivity contribution in [2.75, 3.05) is 6.54 Å². The van der Waals surface area contributed by atoms with Crippen molar-refractivity contribution in [1.82, 2.24) is 20.8 Å². The second-order valence-corrected chi connectivity index (χ2v) is 4.63. The Morgan fingerprint density at radius 2 is 2.10 bits per heavy atom. The first-order valence-corrected chi connectivity index (χ1v) is 6.81. The zero-order chi connectivity index (χ0) is 14.4. The van der Waals surface area contributed by atoms with E-state index < -0.39 is 0 Å². The van der Waals surface area contributed by atoms with Crippen LogP contribution in [-0.4, -0.2) is 28.7 Å². The number of hydrogen-bond donors (Lipinski definition) is 3. The van der Waals surface area contributed by atoms with Gasteiger partial charge in [0, 0.05) is 18.7 Å². The minimum atomic E-state index is -0.228. The minimum absolute atomic E-state index is 0.0113. The highest BCUT2D eigenvalue weighted by molar-refractivity contribution is 5.81. The van der Waals surface area contributed by atoms with Crippen LogP contribution in [0.2, 0.25) is 0 Å². The molecule has 0 bridgehead atoms. The van der Waals surface area contributed by atoms with Gasteiger partial charge in [-0.05, 0) is 19.4 Å². The van der Waals surface area contributed by atoms with E-state index in [9.17, 15) is 4.79 Å². The van der Waals surface area contributed by atoms with Crippen molar-refractivity contribution in [1.29, 1.82) is 0 Å². The van der Waals surface area contributed by atoms with Crippen LogP contribution in [0.5, 0.6) is 0 Å². The molecule has 1 aromatic carbocycles. The van der Waals surface area contributed by atoms with E-state index >= 15 is 0 Å². The molecule has 0 saturated carbocycles. The van der Waals surface area contributed by atoms with Gasteiger partial charge in [0.1, 0.15) is 0 Å². The summed E-state index contributed by atoms with van der Waals surface area (Å²) in [7, 11) is 0. The molecule has 106 valence electrons. The Morgan fingerprint density at radius 1 is 1.35 bits per heavy atom. The van der Waals surface area contributed by atoms with Crippen molar-refractivity contribution >= 4 is 5.91 Å². The molecule has 0 aliphatic heterocycles. The Hall–Kier alpha value is -2.14. The predicted molar refractivity (Wildman–Crippen MR) is 79.0 cm³/mol. The van der Waals surface area contributed by atoms with Crippen LogP contribution in [0, 0.1) is 0 Å². The molecule has 5 nitrogen and oxygen atoms in total. The quantitative estimate of drug-likeness (QED) is 0.749. The molecule has 0 radical (unpaired) electrons. The van der Waals surface area contributed by atoms with E-state index in [4.69, 9.17) is 0 Å². The number of likely N-dealkylation sites (N-methyl/N-ethyl adjacent to an activating group) is 1. The average Bonchev–Trinajstić information content (AvgIpc) is 2.94. The SMILES string of the molecule is CCNC(=O)C(C)NCc1cn[nH]c1-c1ccccc1. The maximum absolute atomic E-state index is 11.7. The lowest BCUT2D eigenvalue weighted by atomic mass is 10.1. The van der Waals surface area contributed by atoms with Crippen LogP contribution < -0.4 is 10.6 Å². The predicted octanol–water partition coefficient (Wildman–Crippen LogP) is 1.69. The molecule has 1 heterocycles. The van der Waals surface area contributed by atoms with Gasteiger partial charge in [-0.2, -0.15) is 5.10 Å². The Labute approximate surface area is 118 Å². The number of H-pyrrole nitrogens is 1. The molecule has 3 N–H and O–H groups in total.